The molecule has 7 nitrogen and oxygen atoms in total. The summed E-state index contributed by atoms with van der Waals surface area (Å²) in [4.78, 5) is 17.1. The van der Waals surface area contributed by atoms with Crippen molar-refractivity contribution in [2.24, 2.45) is 0 Å². The number of benzene rings is 2. The lowest BCUT2D eigenvalue weighted by molar-refractivity contribution is -0.113. The molecule has 3 aromatic heterocycles. The standard InChI is InChI=1S/C23H19N5O2S2/c1-15-9-10-17-19(12-15)32-22(24-17)25-20(29)14-31-23-27-26-21(18-8-5-11-30-18)28(23)13-16-6-3-2-4-7-16/h2-12H,13-14H2,1H3,(H,24,25,29). The van der Waals surface area contributed by atoms with Crippen LogP contribution in [0.4, 0.5) is 5.13 Å². The first kappa shape index (κ1) is 20.5. The average Bonchev–Trinajstić information content (AvgIpc) is 3.52. The molecule has 0 fully saturated rings. The minimum Gasteiger partial charge on any atom is -0.461 e. The molecule has 3 heterocycles. The number of fused-ring (bicyclic) bond motifs is 1. The molecule has 0 unspecified atom stereocenters. The molecule has 160 valence electrons. The highest BCUT2D eigenvalue weighted by atomic mass is 32.2. The highest BCUT2D eigenvalue weighted by molar-refractivity contribution is 7.99. The van der Waals surface area contributed by atoms with Gasteiger partial charge in [-0.2, -0.15) is 0 Å². The van der Waals surface area contributed by atoms with Gasteiger partial charge in [-0.3, -0.25) is 9.36 Å². The zero-order valence-corrected chi connectivity index (χ0v) is 18.8. The number of nitrogens with one attached hydrogen (secondary N) is 1. The van der Waals surface area contributed by atoms with Crippen LogP contribution < -0.4 is 5.32 Å². The summed E-state index contributed by atoms with van der Waals surface area (Å²) < 4.78 is 8.55. The SMILES string of the molecule is Cc1ccc2nc(NC(=O)CSc3nnc(-c4ccco4)n3Cc3ccccc3)sc2c1. The van der Waals surface area contributed by atoms with Gasteiger partial charge < -0.3 is 9.73 Å². The fourth-order valence-corrected chi connectivity index (χ4v) is 4.98. The second-order valence-corrected chi connectivity index (χ2v) is 9.16. The highest BCUT2D eigenvalue weighted by Gasteiger charge is 2.18. The number of anilines is 1. The third-order valence-electron chi connectivity index (χ3n) is 4.76. The molecule has 0 spiro atoms. The average molecular weight is 462 g/mol. The lowest BCUT2D eigenvalue weighted by Gasteiger charge is -2.09. The van der Waals surface area contributed by atoms with E-state index in [2.05, 4.69) is 26.6 Å². The lowest BCUT2D eigenvalue weighted by atomic mass is 10.2. The van der Waals surface area contributed by atoms with Crippen molar-refractivity contribution in [3.63, 3.8) is 0 Å². The number of furan rings is 1. The molecule has 32 heavy (non-hydrogen) atoms. The van der Waals surface area contributed by atoms with E-state index in [1.165, 1.54) is 28.7 Å². The van der Waals surface area contributed by atoms with Crippen LogP contribution in [-0.4, -0.2) is 31.4 Å². The number of hydrogen-bond donors (Lipinski definition) is 1. The quantitative estimate of drug-likeness (QED) is 0.334. The van der Waals surface area contributed by atoms with Crippen molar-refractivity contribution in [3.05, 3.63) is 78.1 Å². The topological polar surface area (TPSA) is 85.8 Å². The molecule has 0 aliphatic heterocycles. The minimum atomic E-state index is -0.139. The molecule has 1 N–H and O–H groups in total. The van der Waals surface area contributed by atoms with Crippen molar-refractivity contribution >= 4 is 44.4 Å². The van der Waals surface area contributed by atoms with E-state index >= 15 is 0 Å². The maximum absolute atomic E-state index is 12.6. The first-order valence-electron chi connectivity index (χ1n) is 9.96. The molecule has 0 saturated carbocycles. The van der Waals surface area contributed by atoms with Crippen LogP contribution in [0.3, 0.4) is 0 Å². The van der Waals surface area contributed by atoms with Gasteiger partial charge in [0.25, 0.3) is 0 Å². The summed E-state index contributed by atoms with van der Waals surface area (Å²) >= 11 is 2.80. The summed E-state index contributed by atoms with van der Waals surface area (Å²) in [5.74, 6) is 1.32. The number of amides is 1. The summed E-state index contributed by atoms with van der Waals surface area (Å²) in [6, 6.07) is 19.8. The fraction of sp³-hybridized carbons (Fsp3) is 0.130. The van der Waals surface area contributed by atoms with E-state index < -0.39 is 0 Å². The number of aryl methyl sites for hydroxylation is 1. The van der Waals surface area contributed by atoms with Crippen molar-refractivity contribution in [3.8, 4) is 11.6 Å². The van der Waals surface area contributed by atoms with E-state index in [0.717, 1.165) is 15.8 Å². The smallest absolute Gasteiger partial charge is 0.236 e. The van der Waals surface area contributed by atoms with E-state index in [4.69, 9.17) is 4.42 Å². The molecule has 9 heteroatoms. The van der Waals surface area contributed by atoms with Gasteiger partial charge in [0.1, 0.15) is 0 Å². The Morgan fingerprint density at radius 2 is 2.00 bits per heavy atom. The minimum absolute atomic E-state index is 0.139. The second-order valence-electron chi connectivity index (χ2n) is 7.18. The Labute approximate surface area is 192 Å². The molecule has 0 aliphatic carbocycles. The molecule has 0 bridgehead atoms. The predicted molar refractivity (Wildman–Crippen MR) is 127 cm³/mol. The lowest BCUT2D eigenvalue weighted by Crippen LogP contribution is -2.14. The monoisotopic (exact) mass is 461 g/mol. The molecule has 0 aliphatic rings. The van der Waals surface area contributed by atoms with Crippen molar-refractivity contribution in [2.45, 2.75) is 18.6 Å². The Kier molecular flexibility index (Phi) is 5.74. The Morgan fingerprint density at radius 3 is 2.81 bits per heavy atom. The van der Waals surface area contributed by atoms with Crippen LogP contribution >= 0.6 is 23.1 Å². The molecule has 0 saturated heterocycles. The Bertz CT molecular complexity index is 1360. The van der Waals surface area contributed by atoms with E-state index in [0.29, 0.717) is 28.4 Å². The molecule has 5 rings (SSSR count). The summed E-state index contributed by atoms with van der Waals surface area (Å²) in [7, 11) is 0. The third kappa shape index (κ3) is 4.44. The maximum atomic E-state index is 12.6. The fourth-order valence-electron chi connectivity index (χ4n) is 3.26. The van der Waals surface area contributed by atoms with Crippen molar-refractivity contribution < 1.29 is 9.21 Å². The van der Waals surface area contributed by atoms with Crippen LogP contribution in [0.5, 0.6) is 0 Å². The van der Waals surface area contributed by atoms with E-state index in [9.17, 15) is 4.79 Å². The molecular formula is C23H19N5O2S2. The van der Waals surface area contributed by atoms with Gasteiger partial charge in [-0.1, -0.05) is 59.5 Å². The van der Waals surface area contributed by atoms with Gasteiger partial charge in [0.15, 0.2) is 16.0 Å². The van der Waals surface area contributed by atoms with Crippen LogP contribution in [-0.2, 0) is 11.3 Å². The third-order valence-corrected chi connectivity index (χ3v) is 6.66. The number of thiazole rings is 1. The van der Waals surface area contributed by atoms with Crippen molar-refractivity contribution in [1.29, 1.82) is 0 Å². The first-order chi connectivity index (χ1) is 15.7. The van der Waals surface area contributed by atoms with E-state index in [-0.39, 0.29) is 11.7 Å². The summed E-state index contributed by atoms with van der Waals surface area (Å²) in [5.41, 5.74) is 3.16. The Morgan fingerprint density at radius 1 is 1.12 bits per heavy atom. The number of hydrogen-bond acceptors (Lipinski definition) is 7. The summed E-state index contributed by atoms with van der Waals surface area (Å²) in [6.07, 6.45) is 1.61. The van der Waals surface area contributed by atoms with Crippen LogP contribution in [0.2, 0.25) is 0 Å². The number of nitrogens with zero attached hydrogens (tertiary/aromatic N) is 4. The van der Waals surface area contributed by atoms with Crippen LogP contribution in [0, 0.1) is 6.92 Å². The van der Waals surface area contributed by atoms with Gasteiger partial charge >= 0.3 is 0 Å². The van der Waals surface area contributed by atoms with Crippen LogP contribution in [0.1, 0.15) is 11.1 Å². The number of carbonyl (C=O) groups is 1. The summed E-state index contributed by atoms with van der Waals surface area (Å²) in [6.45, 7) is 2.61. The number of aromatic nitrogens is 4. The van der Waals surface area contributed by atoms with Crippen LogP contribution in [0.15, 0.2) is 76.5 Å². The van der Waals surface area contributed by atoms with Gasteiger partial charge in [-0.15, -0.1) is 10.2 Å². The van der Waals surface area contributed by atoms with Gasteiger partial charge in [0.2, 0.25) is 11.7 Å². The predicted octanol–water partition coefficient (Wildman–Crippen LogP) is 5.24. The van der Waals surface area contributed by atoms with Crippen molar-refractivity contribution in [1.82, 2.24) is 19.7 Å². The normalized spacial score (nSPS) is 11.2. The zero-order valence-electron chi connectivity index (χ0n) is 17.2. The van der Waals surface area contributed by atoms with Crippen LogP contribution in [0.25, 0.3) is 21.8 Å². The molecular weight excluding hydrogens is 442 g/mol. The van der Waals surface area contributed by atoms with Gasteiger partial charge in [0.05, 0.1) is 28.8 Å². The molecule has 5 aromatic rings. The largest absolute Gasteiger partial charge is 0.461 e. The second kappa shape index (κ2) is 8.97. The number of carbonyl (C=O) groups excluding carboxylic acids is 1. The molecule has 1 amide bonds. The molecule has 0 atom stereocenters. The Balaban J connectivity index is 1.32. The highest BCUT2D eigenvalue weighted by Crippen LogP contribution is 2.28. The summed E-state index contributed by atoms with van der Waals surface area (Å²) in [5, 5.41) is 12.8. The zero-order chi connectivity index (χ0) is 21.9. The first-order valence-corrected chi connectivity index (χ1v) is 11.8. The van der Waals surface area contributed by atoms with E-state index in [1.54, 1.807) is 6.26 Å². The molecule has 0 radical (unpaired) electrons. The van der Waals surface area contributed by atoms with Gasteiger partial charge in [0, 0.05) is 0 Å². The maximum Gasteiger partial charge on any atom is 0.236 e. The van der Waals surface area contributed by atoms with E-state index in [1.807, 2.05) is 66.1 Å². The number of rotatable bonds is 7. The van der Waals surface area contributed by atoms with Crippen molar-refractivity contribution in [2.75, 3.05) is 11.1 Å². The van der Waals surface area contributed by atoms with Gasteiger partial charge in [-0.25, -0.2) is 4.98 Å². The molecule has 2 aromatic carbocycles. The van der Waals surface area contributed by atoms with Gasteiger partial charge in [-0.05, 0) is 42.3 Å². The number of thioether (sulfide) groups is 1. The Hall–Kier alpha value is -3.43.